The number of anilines is 1. The number of hydrogen-bond donors (Lipinski definition) is 2. The second-order valence-corrected chi connectivity index (χ2v) is 9.23. The van der Waals surface area contributed by atoms with E-state index in [2.05, 4.69) is 31.3 Å². The molecule has 0 unspecified atom stereocenters. The Hall–Kier alpha value is -3.44. The largest absolute Gasteiger partial charge is 0.435 e. The quantitative estimate of drug-likeness (QED) is 0.364. The molecule has 0 radical (unpaired) electrons. The van der Waals surface area contributed by atoms with Gasteiger partial charge in [0.05, 0.1) is 5.56 Å². The molecule has 0 aliphatic heterocycles. The third kappa shape index (κ3) is 5.01. The molecule has 35 heavy (non-hydrogen) atoms. The van der Waals surface area contributed by atoms with Gasteiger partial charge in [0, 0.05) is 22.4 Å². The maximum atomic E-state index is 13.8. The molecule has 2 aromatic carbocycles. The lowest BCUT2D eigenvalue weighted by Gasteiger charge is -2.13. The summed E-state index contributed by atoms with van der Waals surface area (Å²) in [5, 5.41) is 6.24. The number of rotatable bonds is 5. The van der Waals surface area contributed by atoms with Gasteiger partial charge >= 0.3 is 6.18 Å². The Labute approximate surface area is 206 Å². The molecule has 0 saturated heterocycles. The second-order valence-electron chi connectivity index (χ2n) is 8.32. The Morgan fingerprint density at radius 3 is 2.49 bits per heavy atom. The highest BCUT2D eigenvalue weighted by Gasteiger charge is 2.39. The number of halogens is 4. The summed E-state index contributed by atoms with van der Waals surface area (Å²) >= 11 is 3.40. The molecule has 0 aliphatic rings. The number of nitrogens with zero attached hydrogens (tertiary/aromatic N) is 3. The zero-order valence-electron chi connectivity index (χ0n) is 19.0. The molecule has 2 heterocycles. The van der Waals surface area contributed by atoms with Gasteiger partial charge in [-0.05, 0) is 50.3 Å². The number of alkyl halides is 3. The van der Waals surface area contributed by atoms with Crippen molar-refractivity contribution >= 4 is 33.2 Å². The first-order valence-corrected chi connectivity index (χ1v) is 11.3. The number of carbonyl (C=O) groups is 1. The number of carbonyl (C=O) groups excluding carboxylic acids is 1. The summed E-state index contributed by atoms with van der Waals surface area (Å²) < 4.78 is 42.8. The highest BCUT2D eigenvalue weighted by Crippen LogP contribution is 2.38. The minimum Gasteiger partial charge on any atom is -0.342 e. The van der Waals surface area contributed by atoms with Crippen LogP contribution in [-0.2, 0) is 12.7 Å². The van der Waals surface area contributed by atoms with Crippen LogP contribution in [0.3, 0.4) is 0 Å². The van der Waals surface area contributed by atoms with Crippen molar-refractivity contribution in [1.29, 1.82) is 0 Å². The van der Waals surface area contributed by atoms with Crippen molar-refractivity contribution in [3.05, 3.63) is 85.9 Å². The van der Waals surface area contributed by atoms with Gasteiger partial charge in [-0.2, -0.15) is 22.8 Å². The fourth-order valence-corrected chi connectivity index (χ4v) is 4.44. The maximum Gasteiger partial charge on any atom is 0.435 e. The van der Waals surface area contributed by atoms with Crippen LogP contribution in [0.15, 0.2) is 57.8 Å². The van der Waals surface area contributed by atoms with E-state index in [4.69, 9.17) is 0 Å². The average Bonchev–Trinajstić information content (AvgIpc) is 3.13. The average molecular weight is 548 g/mol. The number of nitrogens with one attached hydrogen (secondary N) is 2. The number of hydrogen-bond acceptors (Lipinski definition) is 4. The summed E-state index contributed by atoms with van der Waals surface area (Å²) in [6.45, 7) is 2.08. The Bertz CT molecular complexity index is 1480. The fraction of sp³-hybridized carbons (Fsp3) is 0.208. The molecule has 2 N–H and O–H groups in total. The van der Waals surface area contributed by atoms with Crippen molar-refractivity contribution in [2.75, 3.05) is 19.4 Å². The standard InChI is InChI=1S/C24H21BrF3N5O2/c1-13-18(22(34)30-17-10-14(12-32(2)3)9-16(25)11-17)23(35)33-21(29-13)19(15-7-5-4-6-8-15)20(31-33)24(26,27)28/h4-11,29H,12H2,1-3H3,(H,30,34). The van der Waals surface area contributed by atoms with Gasteiger partial charge in [-0.3, -0.25) is 9.59 Å². The number of aromatic amines is 1. The number of fused-ring (bicyclic) bond motifs is 1. The van der Waals surface area contributed by atoms with Crippen LogP contribution in [0, 0.1) is 6.92 Å². The molecule has 0 fully saturated rings. The van der Waals surface area contributed by atoms with E-state index in [0.29, 0.717) is 16.7 Å². The summed E-state index contributed by atoms with van der Waals surface area (Å²) in [7, 11) is 3.81. The molecule has 2 aromatic heterocycles. The molecule has 7 nitrogen and oxygen atoms in total. The lowest BCUT2D eigenvalue weighted by Crippen LogP contribution is -2.29. The summed E-state index contributed by atoms with van der Waals surface area (Å²) in [5.41, 5.74) is -1.19. The summed E-state index contributed by atoms with van der Waals surface area (Å²) in [6.07, 6.45) is -4.81. The predicted molar refractivity (Wildman–Crippen MR) is 130 cm³/mol. The maximum absolute atomic E-state index is 13.8. The van der Waals surface area contributed by atoms with Gasteiger partial charge in [0.2, 0.25) is 0 Å². The molecule has 0 spiro atoms. The molecular weight excluding hydrogens is 527 g/mol. The Morgan fingerprint density at radius 1 is 1.17 bits per heavy atom. The molecular formula is C24H21BrF3N5O2. The molecule has 182 valence electrons. The summed E-state index contributed by atoms with van der Waals surface area (Å²) in [5.74, 6) is -0.759. The van der Waals surface area contributed by atoms with Gasteiger partial charge < -0.3 is 15.2 Å². The van der Waals surface area contributed by atoms with E-state index in [9.17, 15) is 22.8 Å². The third-order valence-corrected chi connectivity index (χ3v) is 5.70. The van der Waals surface area contributed by atoms with Crippen molar-refractivity contribution in [1.82, 2.24) is 19.5 Å². The third-order valence-electron chi connectivity index (χ3n) is 5.24. The van der Waals surface area contributed by atoms with Crippen LogP contribution < -0.4 is 10.9 Å². The van der Waals surface area contributed by atoms with E-state index in [1.165, 1.54) is 19.1 Å². The van der Waals surface area contributed by atoms with E-state index in [-0.39, 0.29) is 28.0 Å². The molecule has 11 heteroatoms. The molecule has 4 rings (SSSR count). The number of H-pyrrole nitrogens is 1. The predicted octanol–water partition coefficient (Wildman–Crippen LogP) is 5.09. The van der Waals surface area contributed by atoms with Gasteiger partial charge in [-0.1, -0.05) is 46.3 Å². The number of aromatic nitrogens is 3. The van der Waals surface area contributed by atoms with Crippen LogP contribution in [0.5, 0.6) is 0 Å². The highest BCUT2D eigenvalue weighted by atomic mass is 79.9. The molecule has 0 bridgehead atoms. The lowest BCUT2D eigenvalue weighted by atomic mass is 10.1. The summed E-state index contributed by atoms with van der Waals surface area (Å²) in [4.78, 5) is 31.1. The van der Waals surface area contributed by atoms with Gasteiger partial charge in [0.1, 0.15) is 11.2 Å². The van der Waals surface area contributed by atoms with Crippen LogP contribution in [0.4, 0.5) is 18.9 Å². The van der Waals surface area contributed by atoms with E-state index in [0.717, 1.165) is 10.0 Å². The van der Waals surface area contributed by atoms with Gasteiger partial charge in [-0.25, -0.2) is 0 Å². The molecule has 0 aliphatic carbocycles. The molecule has 0 atom stereocenters. The number of amides is 1. The first kappa shape index (κ1) is 24.7. The molecule has 1 amide bonds. The Balaban J connectivity index is 1.83. The van der Waals surface area contributed by atoms with Crippen LogP contribution in [0.2, 0.25) is 0 Å². The monoisotopic (exact) mass is 547 g/mol. The van der Waals surface area contributed by atoms with Crippen molar-refractivity contribution in [2.24, 2.45) is 0 Å². The van der Waals surface area contributed by atoms with Crippen LogP contribution in [-0.4, -0.2) is 39.5 Å². The first-order chi connectivity index (χ1) is 16.5. The molecule has 4 aromatic rings. The number of aryl methyl sites for hydroxylation is 1. The SMILES string of the molecule is Cc1[nH]c2c(-c3ccccc3)c(C(F)(F)F)nn2c(=O)c1C(=O)Nc1cc(Br)cc(CN(C)C)c1. The van der Waals surface area contributed by atoms with Crippen molar-refractivity contribution in [3.8, 4) is 11.1 Å². The minimum atomic E-state index is -4.81. The zero-order chi connectivity index (χ0) is 25.5. The van der Waals surface area contributed by atoms with Gasteiger partial charge in [0.25, 0.3) is 11.5 Å². The second kappa shape index (κ2) is 9.31. The normalized spacial score (nSPS) is 11.9. The first-order valence-electron chi connectivity index (χ1n) is 10.5. The van der Waals surface area contributed by atoms with Crippen LogP contribution in [0.1, 0.15) is 27.3 Å². The fourth-order valence-electron chi connectivity index (χ4n) is 3.90. The minimum absolute atomic E-state index is 0.120. The lowest BCUT2D eigenvalue weighted by molar-refractivity contribution is -0.140. The van der Waals surface area contributed by atoms with Crippen molar-refractivity contribution in [2.45, 2.75) is 19.6 Å². The van der Waals surface area contributed by atoms with E-state index in [1.807, 2.05) is 25.1 Å². The van der Waals surface area contributed by atoms with Crippen molar-refractivity contribution < 1.29 is 18.0 Å². The van der Waals surface area contributed by atoms with E-state index in [1.54, 1.807) is 30.3 Å². The van der Waals surface area contributed by atoms with Crippen molar-refractivity contribution in [3.63, 3.8) is 0 Å². The van der Waals surface area contributed by atoms with E-state index < -0.39 is 23.3 Å². The van der Waals surface area contributed by atoms with Gasteiger partial charge in [-0.15, -0.1) is 0 Å². The van der Waals surface area contributed by atoms with Gasteiger partial charge in [0.15, 0.2) is 5.69 Å². The smallest absolute Gasteiger partial charge is 0.342 e. The molecule has 0 saturated carbocycles. The van der Waals surface area contributed by atoms with Crippen LogP contribution in [0.25, 0.3) is 16.8 Å². The topological polar surface area (TPSA) is 82.5 Å². The Morgan fingerprint density at radius 2 is 1.86 bits per heavy atom. The Kier molecular flexibility index (Phi) is 6.56. The van der Waals surface area contributed by atoms with Crippen LogP contribution >= 0.6 is 15.9 Å². The number of benzene rings is 2. The highest BCUT2D eigenvalue weighted by molar-refractivity contribution is 9.10. The summed E-state index contributed by atoms with van der Waals surface area (Å²) in [6, 6.07) is 13.2. The zero-order valence-corrected chi connectivity index (χ0v) is 20.6. The van der Waals surface area contributed by atoms with E-state index >= 15 is 0 Å².